The smallest absolute Gasteiger partial charge is 0.0227 e. The van der Waals surface area contributed by atoms with Crippen molar-refractivity contribution in [3.05, 3.63) is 0 Å². The van der Waals surface area contributed by atoms with E-state index in [4.69, 9.17) is 0 Å². The summed E-state index contributed by atoms with van der Waals surface area (Å²) in [6.45, 7) is 6.07. The minimum absolute atomic E-state index is 0.690. The number of fused-ring (bicyclic) bond motifs is 1. The maximum atomic E-state index is 2.75. The van der Waals surface area contributed by atoms with Crippen LogP contribution >= 0.6 is 0 Å². The number of hydrogen-bond acceptors (Lipinski definition) is 1. The molecule has 0 aromatic carbocycles. The molecule has 1 nitrogen and oxygen atoms in total. The van der Waals surface area contributed by atoms with E-state index in [1.54, 1.807) is 0 Å². The molecule has 2 atom stereocenters. The first-order valence-corrected chi connectivity index (χ1v) is 5.55. The van der Waals surface area contributed by atoms with Crippen molar-refractivity contribution < 1.29 is 0 Å². The lowest BCUT2D eigenvalue weighted by Crippen LogP contribution is -2.60. The van der Waals surface area contributed by atoms with E-state index in [0.29, 0.717) is 5.54 Å². The molecule has 2 aliphatic rings. The van der Waals surface area contributed by atoms with Crippen molar-refractivity contribution in [1.82, 2.24) is 4.90 Å². The molecular weight excluding hydrogens is 146 g/mol. The summed E-state index contributed by atoms with van der Waals surface area (Å²) in [4.78, 5) is 2.75. The molecule has 0 unspecified atom stereocenters. The van der Waals surface area contributed by atoms with Crippen molar-refractivity contribution in [2.24, 2.45) is 0 Å². The number of rotatable bonds is 3. The molecule has 2 rings (SSSR count). The van der Waals surface area contributed by atoms with Gasteiger partial charge in [0.2, 0.25) is 0 Å². The molecule has 0 aliphatic carbocycles. The Morgan fingerprint density at radius 2 is 2.33 bits per heavy atom. The van der Waals surface area contributed by atoms with Gasteiger partial charge in [0.15, 0.2) is 0 Å². The van der Waals surface area contributed by atoms with Crippen molar-refractivity contribution in [2.45, 2.75) is 64.0 Å². The van der Waals surface area contributed by atoms with Gasteiger partial charge >= 0.3 is 0 Å². The van der Waals surface area contributed by atoms with E-state index in [-0.39, 0.29) is 0 Å². The van der Waals surface area contributed by atoms with Gasteiger partial charge < -0.3 is 0 Å². The summed E-state index contributed by atoms with van der Waals surface area (Å²) < 4.78 is 0. The first-order valence-electron chi connectivity index (χ1n) is 5.55. The van der Waals surface area contributed by atoms with Crippen LogP contribution in [0.2, 0.25) is 0 Å². The van der Waals surface area contributed by atoms with Crippen molar-refractivity contribution in [2.75, 3.05) is 6.54 Å². The van der Waals surface area contributed by atoms with Crippen LogP contribution in [0.1, 0.15) is 52.4 Å². The van der Waals surface area contributed by atoms with Gasteiger partial charge in [0, 0.05) is 11.6 Å². The van der Waals surface area contributed by atoms with Gasteiger partial charge in [0.1, 0.15) is 0 Å². The molecule has 0 N–H and O–H groups in total. The minimum Gasteiger partial charge on any atom is -0.295 e. The highest BCUT2D eigenvalue weighted by Gasteiger charge is 2.51. The third kappa shape index (κ3) is 1.10. The second-order valence-electron chi connectivity index (χ2n) is 4.68. The third-order valence-electron chi connectivity index (χ3n) is 3.85. The van der Waals surface area contributed by atoms with Crippen molar-refractivity contribution >= 4 is 0 Å². The summed E-state index contributed by atoms with van der Waals surface area (Å²) in [6, 6.07) is 0.893. The summed E-state index contributed by atoms with van der Waals surface area (Å²) >= 11 is 0. The summed E-state index contributed by atoms with van der Waals surface area (Å²) in [6.07, 6.45) is 8.68. The van der Waals surface area contributed by atoms with E-state index in [1.165, 1.54) is 45.1 Å². The lowest BCUT2D eigenvalue weighted by atomic mass is 9.76. The van der Waals surface area contributed by atoms with E-state index in [9.17, 15) is 0 Å². The molecule has 70 valence electrons. The fourth-order valence-corrected chi connectivity index (χ4v) is 3.29. The Morgan fingerprint density at radius 3 is 3.00 bits per heavy atom. The molecule has 0 spiro atoms. The maximum absolute atomic E-state index is 2.75. The fraction of sp³-hybridized carbons (Fsp3) is 1.00. The summed E-state index contributed by atoms with van der Waals surface area (Å²) in [5, 5.41) is 0. The van der Waals surface area contributed by atoms with Gasteiger partial charge in [-0.15, -0.1) is 0 Å². The molecule has 0 amide bonds. The largest absolute Gasteiger partial charge is 0.295 e. The van der Waals surface area contributed by atoms with E-state index in [0.717, 1.165) is 6.04 Å². The maximum Gasteiger partial charge on any atom is 0.0227 e. The lowest BCUT2D eigenvalue weighted by molar-refractivity contribution is -0.0362. The van der Waals surface area contributed by atoms with Crippen LogP contribution in [-0.4, -0.2) is 23.0 Å². The molecule has 0 radical (unpaired) electrons. The van der Waals surface area contributed by atoms with Gasteiger partial charge in [-0.3, -0.25) is 4.90 Å². The Balaban J connectivity index is 1.93. The molecule has 2 fully saturated rings. The van der Waals surface area contributed by atoms with Gasteiger partial charge in [-0.25, -0.2) is 0 Å². The van der Waals surface area contributed by atoms with Crippen LogP contribution in [0.25, 0.3) is 0 Å². The molecule has 0 aromatic rings. The molecule has 1 heteroatoms. The summed E-state index contributed by atoms with van der Waals surface area (Å²) in [5.41, 5.74) is 0.690. The molecule has 2 saturated heterocycles. The van der Waals surface area contributed by atoms with Crippen molar-refractivity contribution in [1.29, 1.82) is 0 Å². The standard InChI is InChI=1S/C11H21N/c1-3-4-6-11-7-5-8-12(11)10(2)9-11/h10H,3-9H2,1-2H3/t10-,11-/m0/s1. The van der Waals surface area contributed by atoms with E-state index in [2.05, 4.69) is 18.7 Å². The van der Waals surface area contributed by atoms with E-state index < -0.39 is 0 Å². The average molecular weight is 167 g/mol. The van der Waals surface area contributed by atoms with Gasteiger partial charge in [0.25, 0.3) is 0 Å². The van der Waals surface area contributed by atoms with Crippen LogP contribution < -0.4 is 0 Å². The van der Waals surface area contributed by atoms with Crippen LogP contribution in [0.3, 0.4) is 0 Å². The van der Waals surface area contributed by atoms with Crippen LogP contribution in [0.5, 0.6) is 0 Å². The number of hydrogen-bond donors (Lipinski definition) is 0. The summed E-state index contributed by atoms with van der Waals surface area (Å²) in [7, 11) is 0. The molecule has 0 saturated carbocycles. The lowest BCUT2D eigenvalue weighted by Gasteiger charge is -2.54. The quantitative estimate of drug-likeness (QED) is 0.624. The Morgan fingerprint density at radius 1 is 1.50 bits per heavy atom. The predicted octanol–water partition coefficient (Wildman–Crippen LogP) is 2.80. The fourth-order valence-electron chi connectivity index (χ4n) is 3.29. The van der Waals surface area contributed by atoms with Crippen LogP contribution in [0.15, 0.2) is 0 Å². The van der Waals surface area contributed by atoms with Crippen LogP contribution in [0.4, 0.5) is 0 Å². The molecule has 12 heavy (non-hydrogen) atoms. The minimum atomic E-state index is 0.690. The average Bonchev–Trinajstić information content (AvgIpc) is 2.39. The second kappa shape index (κ2) is 3.02. The Hall–Kier alpha value is -0.0400. The van der Waals surface area contributed by atoms with Gasteiger partial charge in [-0.2, -0.15) is 0 Å². The Kier molecular flexibility index (Phi) is 2.16. The molecule has 2 aliphatic heterocycles. The Labute approximate surface area is 76.1 Å². The topological polar surface area (TPSA) is 3.24 Å². The number of unbranched alkanes of at least 4 members (excludes halogenated alkanes) is 1. The van der Waals surface area contributed by atoms with E-state index in [1.807, 2.05) is 0 Å². The third-order valence-corrected chi connectivity index (χ3v) is 3.85. The van der Waals surface area contributed by atoms with E-state index >= 15 is 0 Å². The zero-order valence-electron chi connectivity index (χ0n) is 8.47. The predicted molar refractivity (Wildman–Crippen MR) is 52.3 cm³/mol. The highest BCUT2D eigenvalue weighted by molar-refractivity contribution is 5.07. The Bertz CT molecular complexity index is 166. The normalized spacial score (nSPS) is 41.0. The first kappa shape index (κ1) is 8.55. The van der Waals surface area contributed by atoms with Crippen LogP contribution in [0, 0.1) is 0 Å². The molecule has 2 heterocycles. The van der Waals surface area contributed by atoms with Gasteiger partial charge in [0.05, 0.1) is 0 Å². The summed E-state index contributed by atoms with van der Waals surface area (Å²) in [5.74, 6) is 0. The van der Waals surface area contributed by atoms with Gasteiger partial charge in [-0.05, 0) is 39.2 Å². The first-order chi connectivity index (χ1) is 5.78. The highest BCUT2D eigenvalue weighted by Crippen LogP contribution is 2.47. The molecular formula is C11H21N. The SMILES string of the molecule is CCCC[C@@]12CCCN1[C@@H](C)C2. The monoisotopic (exact) mass is 167 g/mol. The second-order valence-corrected chi connectivity index (χ2v) is 4.68. The zero-order valence-corrected chi connectivity index (χ0v) is 8.47. The molecule has 0 aromatic heterocycles. The van der Waals surface area contributed by atoms with Crippen molar-refractivity contribution in [3.63, 3.8) is 0 Å². The number of nitrogens with zero attached hydrogens (tertiary/aromatic N) is 1. The highest BCUT2D eigenvalue weighted by atomic mass is 15.3. The molecule has 0 bridgehead atoms. The van der Waals surface area contributed by atoms with Crippen molar-refractivity contribution in [3.8, 4) is 0 Å². The zero-order chi connectivity index (χ0) is 8.60. The van der Waals surface area contributed by atoms with Gasteiger partial charge in [-0.1, -0.05) is 19.8 Å². The van der Waals surface area contributed by atoms with Crippen LogP contribution in [-0.2, 0) is 0 Å².